The first-order valence-electron chi connectivity index (χ1n) is 2.43. The summed E-state index contributed by atoms with van der Waals surface area (Å²) in [5.41, 5.74) is 0. The molecule has 1 saturated carbocycles. The van der Waals surface area contributed by atoms with E-state index in [-0.39, 0.29) is 0 Å². The monoisotopic (exact) mass is 101 g/mol. The smallest absolute Gasteiger partial charge is 0.209 e. The molecule has 1 rings (SSSR count). The summed E-state index contributed by atoms with van der Waals surface area (Å²) in [5.74, 6) is 0. The largest absolute Gasteiger partial charge is 0.351 e. The van der Waals surface area contributed by atoms with Gasteiger partial charge in [-0.2, -0.15) is 0 Å². The zero-order valence-electron chi connectivity index (χ0n) is 4.39. The Morgan fingerprint density at radius 3 is 2.71 bits per heavy atom. The van der Waals surface area contributed by atoms with Gasteiger partial charge in [0.2, 0.25) is 6.79 Å². The minimum atomic E-state index is 0.472. The van der Waals surface area contributed by atoms with E-state index in [2.05, 4.69) is 4.74 Å². The summed E-state index contributed by atoms with van der Waals surface area (Å²) in [4.78, 5) is 0. The highest BCUT2D eigenvalue weighted by molar-refractivity contribution is 4.73. The molecule has 41 valence electrons. The molecule has 0 saturated heterocycles. The van der Waals surface area contributed by atoms with Gasteiger partial charge in [-0.25, -0.2) is 0 Å². The summed E-state index contributed by atoms with van der Waals surface area (Å²) < 4.78 is 9.50. The van der Waals surface area contributed by atoms with Gasteiger partial charge >= 0.3 is 0 Å². The molecule has 0 amide bonds. The van der Waals surface area contributed by atoms with Gasteiger partial charge in [-0.05, 0) is 12.8 Å². The Labute approximate surface area is 43.4 Å². The van der Waals surface area contributed by atoms with Crippen LogP contribution < -0.4 is 0 Å². The number of hydrogen-bond donors (Lipinski definition) is 0. The van der Waals surface area contributed by atoms with Gasteiger partial charge in [-0.15, -0.1) is 0 Å². The van der Waals surface area contributed by atoms with Crippen molar-refractivity contribution in [3.63, 3.8) is 0 Å². The summed E-state index contributed by atoms with van der Waals surface area (Å²) in [6, 6.07) is 0. The lowest BCUT2D eigenvalue weighted by Gasteiger charge is -1.93. The second kappa shape index (κ2) is 2.28. The molecule has 1 aliphatic carbocycles. The van der Waals surface area contributed by atoms with Crippen molar-refractivity contribution in [3.05, 3.63) is 6.79 Å². The lowest BCUT2D eigenvalue weighted by Crippen LogP contribution is -1.89. The molecule has 0 aromatic rings. The molecule has 0 aromatic heterocycles. The third kappa shape index (κ3) is 1.90. The first-order chi connectivity index (χ1) is 3.43. The van der Waals surface area contributed by atoms with E-state index in [1.54, 1.807) is 7.11 Å². The Bertz CT molecular complexity index is 50.0. The highest BCUT2D eigenvalue weighted by Gasteiger charge is 2.21. The Hall–Kier alpha value is -0.0800. The molecule has 2 heteroatoms. The van der Waals surface area contributed by atoms with E-state index in [9.17, 15) is 0 Å². The van der Waals surface area contributed by atoms with E-state index in [4.69, 9.17) is 4.74 Å². The van der Waals surface area contributed by atoms with Crippen LogP contribution in [-0.2, 0) is 9.47 Å². The quantitative estimate of drug-likeness (QED) is 0.526. The SMILES string of the molecule is CO[CH]OC1CC1. The second-order valence-electron chi connectivity index (χ2n) is 1.67. The van der Waals surface area contributed by atoms with Crippen LogP contribution in [0, 0.1) is 6.79 Å². The highest BCUT2D eigenvalue weighted by atomic mass is 16.7. The van der Waals surface area contributed by atoms with Crippen LogP contribution in [0.3, 0.4) is 0 Å². The molecular weight excluding hydrogens is 92.1 g/mol. The van der Waals surface area contributed by atoms with Crippen molar-refractivity contribution in [1.29, 1.82) is 0 Å². The molecule has 0 N–H and O–H groups in total. The maximum atomic E-state index is 4.95. The summed E-state index contributed by atoms with van der Waals surface area (Å²) >= 11 is 0. The molecule has 0 aromatic carbocycles. The number of methoxy groups -OCH3 is 1. The Morgan fingerprint density at radius 1 is 1.57 bits per heavy atom. The third-order valence-corrected chi connectivity index (χ3v) is 0.869. The molecule has 1 aliphatic rings. The van der Waals surface area contributed by atoms with Gasteiger partial charge in [0, 0.05) is 7.11 Å². The van der Waals surface area contributed by atoms with E-state index in [1.807, 2.05) is 0 Å². The normalized spacial score (nSPS) is 20.1. The molecule has 0 unspecified atom stereocenters. The zero-order valence-corrected chi connectivity index (χ0v) is 4.39. The van der Waals surface area contributed by atoms with E-state index >= 15 is 0 Å². The van der Waals surface area contributed by atoms with Crippen LogP contribution in [0.5, 0.6) is 0 Å². The molecule has 0 heterocycles. The Balaban J connectivity index is 1.80. The van der Waals surface area contributed by atoms with Gasteiger partial charge in [-0.1, -0.05) is 0 Å². The molecule has 0 atom stereocenters. The predicted molar refractivity (Wildman–Crippen MR) is 25.4 cm³/mol. The first-order valence-corrected chi connectivity index (χ1v) is 2.43. The fraction of sp³-hybridized carbons (Fsp3) is 0.800. The van der Waals surface area contributed by atoms with Gasteiger partial charge in [0.15, 0.2) is 0 Å². The van der Waals surface area contributed by atoms with Gasteiger partial charge < -0.3 is 9.47 Å². The van der Waals surface area contributed by atoms with Crippen molar-refractivity contribution >= 4 is 0 Å². The molecular formula is C5H9O2. The molecule has 0 bridgehead atoms. The maximum Gasteiger partial charge on any atom is 0.209 e. The maximum absolute atomic E-state index is 4.95. The van der Waals surface area contributed by atoms with E-state index in [0.29, 0.717) is 6.10 Å². The van der Waals surface area contributed by atoms with Gasteiger partial charge in [0.1, 0.15) is 0 Å². The van der Waals surface area contributed by atoms with Gasteiger partial charge in [0.25, 0.3) is 0 Å². The van der Waals surface area contributed by atoms with E-state index in [0.717, 1.165) is 0 Å². The van der Waals surface area contributed by atoms with Crippen molar-refractivity contribution in [2.45, 2.75) is 18.9 Å². The van der Waals surface area contributed by atoms with E-state index in [1.165, 1.54) is 19.6 Å². The average molecular weight is 101 g/mol. The first kappa shape index (κ1) is 5.06. The molecule has 0 spiro atoms. The zero-order chi connectivity index (χ0) is 5.11. The highest BCUT2D eigenvalue weighted by Crippen LogP contribution is 2.23. The lowest BCUT2D eigenvalue weighted by atomic mass is 10.8. The van der Waals surface area contributed by atoms with Crippen LogP contribution in [0.2, 0.25) is 0 Å². The predicted octanol–water partition coefficient (Wildman–Crippen LogP) is 0.931. The number of hydrogen-bond acceptors (Lipinski definition) is 2. The summed E-state index contributed by atoms with van der Waals surface area (Å²) in [5, 5.41) is 0. The lowest BCUT2D eigenvalue weighted by molar-refractivity contribution is 0.0375. The van der Waals surface area contributed by atoms with Crippen LogP contribution in [-0.4, -0.2) is 13.2 Å². The van der Waals surface area contributed by atoms with Crippen molar-refractivity contribution < 1.29 is 9.47 Å². The molecule has 1 radical (unpaired) electrons. The fourth-order valence-corrected chi connectivity index (χ4v) is 0.338. The van der Waals surface area contributed by atoms with Crippen LogP contribution in [0.1, 0.15) is 12.8 Å². The summed E-state index contributed by atoms with van der Waals surface area (Å²) in [6.45, 7) is 1.39. The average Bonchev–Trinajstić information content (AvgIpc) is 2.42. The standard InChI is InChI=1S/C5H9O2/c1-6-4-7-5-2-3-5/h4-5H,2-3H2,1H3. The van der Waals surface area contributed by atoms with E-state index < -0.39 is 0 Å². The van der Waals surface area contributed by atoms with Crippen molar-refractivity contribution in [2.24, 2.45) is 0 Å². The summed E-state index contributed by atoms with van der Waals surface area (Å²) in [7, 11) is 1.59. The van der Waals surface area contributed by atoms with Gasteiger partial charge in [0.05, 0.1) is 6.10 Å². The number of rotatable bonds is 3. The topological polar surface area (TPSA) is 18.5 Å². The Morgan fingerprint density at radius 2 is 2.29 bits per heavy atom. The molecule has 1 fully saturated rings. The van der Waals surface area contributed by atoms with Gasteiger partial charge in [-0.3, -0.25) is 0 Å². The molecule has 7 heavy (non-hydrogen) atoms. The third-order valence-electron chi connectivity index (χ3n) is 0.869. The van der Waals surface area contributed by atoms with Crippen LogP contribution in [0.25, 0.3) is 0 Å². The molecule has 2 nitrogen and oxygen atoms in total. The summed E-state index contributed by atoms with van der Waals surface area (Å²) in [6.07, 6.45) is 2.86. The van der Waals surface area contributed by atoms with Crippen molar-refractivity contribution in [3.8, 4) is 0 Å². The fourth-order valence-electron chi connectivity index (χ4n) is 0.338. The van der Waals surface area contributed by atoms with Crippen LogP contribution >= 0.6 is 0 Å². The Kier molecular flexibility index (Phi) is 1.65. The molecule has 0 aliphatic heterocycles. The minimum Gasteiger partial charge on any atom is -0.351 e. The van der Waals surface area contributed by atoms with Crippen molar-refractivity contribution in [2.75, 3.05) is 7.11 Å². The van der Waals surface area contributed by atoms with Crippen LogP contribution in [0.15, 0.2) is 0 Å². The van der Waals surface area contributed by atoms with Crippen molar-refractivity contribution in [1.82, 2.24) is 0 Å². The second-order valence-corrected chi connectivity index (χ2v) is 1.67. The minimum absolute atomic E-state index is 0.472. The number of ether oxygens (including phenoxy) is 2. The van der Waals surface area contributed by atoms with Crippen LogP contribution in [0.4, 0.5) is 0 Å².